The van der Waals surface area contributed by atoms with E-state index in [-0.39, 0.29) is 18.7 Å². The Hall–Kier alpha value is -2.52. The fourth-order valence-corrected chi connectivity index (χ4v) is 5.28. The predicted molar refractivity (Wildman–Crippen MR) is 146 cm³/mol. The van der Waals surface area contributed by atoms with Crippen LogP contribution in [0, 0.1) is 5.92 Å². The standard InChI is InChI=1S/C30H43N2O6/c1-8-21-12-13-31-26(36-6)25(21)24(19-28(2,3)34)30(37-7,20-29(4,5)35)23-11-9-10-22(18-23)27(33)32-14-16-38-17-15-32/h9-13,18,34-35H,8,14-17,19-20H2,1-7H3. The van der Waals surface area contributed by atoms with E-state index in [0.717, 1.165) is 17.0 Å². The van der Waals surface area contributed by atoms with Crippen molar-refractivity contribution in [2.45, 2.75) is 70.7 Å². The van der Waals surface area contributed by atoms with Gasteiger partial charge in [0.05, 0.1) is 37.4 Å². The summed E-state index contributed by atoms with van der Waals surface area (Å²) in [5.74, 6) is 1.06. The highest BCUT2D eigenvalue weighted by Gasteiger charge is 2.49. The van der Waals surface area contributed by atoms with Crippen molar-refractivity contribution in [2.24, 2.45) is 0 Å². The third-order valence-electron chi connectivity index (χ3n) is 6.88. The minimum atomic E-state index is -1.21. The summed E-state index contributed by atoms with van der Waals surface area (Å²) in [5, 5.41) is 22.3. The molecule has 1 radical (unpaired) electrons. The van der Waals surface area contributed by atoms with Crippen LogP contribution in [0.1, 0.15) is 74.5 Å². The molecule has 3 rings (SSSR count). The van der Waals surface area contributed by atoms with Crippen molar-refractivity contribution >= 4 is 5.91 Å². The van der Waals surface area contributed by atoms with Gasteiger partial charge in [-0.05, 0) is 69.9 Å². The lowest BCUT2D eigenvalue weighted by molar-refractivity contribution is -0.0752. The van der Waals surface area contributed by atoms with Gasteiger partial charge in [-0.25, -0.2) is 4.98 Å². The maximum atomic E-state index is 13.4. The predicted octanol–water partition coefficient (Wildman–Crippen LogP) is 3.91. The van der Waals surface area contributed by atoms with Gasteiger partial charge in [0.15, 0.2) is 0 Å². The lowest BCUT2D eigenvalue weighted by Crippen LogP contribution is -2.46. The minimum Gasteiger partial charge on any atom is -0.481 e. The first-order valence-electron chi connectivity index (χ1n) is 13.2. The van der Waals surface area contributed by atoms with Gasteiger partial charge in [0.1, 0.15) is 5.60 Å². The Labute approximate surface area is 226 Å². The molecule has 0 saturated carbocycles. The second-order valence-electron chi connectivity index (χ2n) is 11.2. The number of rotatable bonds is 11. The van der Waals surface area contributed by atoms with Gasteiger partial charge in [-0.3, -0.25) is 4.79 Å². The molecule has 2 heterocycles. The monoisotopic (exact) mass is 527 g/mol. The van der Waals surface area contributed by atoms with E-state index < -0.39 is 16.8 Å². The van der Waals surface area contributed by atoms with Crippen molar-refractivity contribution in [3.63, 3.8) is 0 Å². The van der Waals surface area contributed by atoms with E-state index in [1.54, 1.807) is 59.1 Å². The van der Waals surface area contributed by atoms with E-state index in [4.69, 9.17) is 14.2 Å². The van der Waals surface area contributed by atoms with E-state index in [1.807, 2.05) is 31.2 Å². The molecule has 1 aromatic carbocycles. The first-order chi connectivity index (χ1) is 17.8. The summed E-state index contributed by atoms with van der Waals surface area (Å²) in [6.45, 7) is 11.1. The van der Waals surface area contributed by atoms with E-state index in [0.29, 0.717) is 49.7 Å². The summed E-state index contributed by atoms with van der Waals surface area (Å²) in [6.07, 6.45) is 2.78. The molecule has 1 aromatic heterocycles. The van der Waals surface area contributed by atoms with E-state index >= 15 is 0 Å². The Morgan fingerprint density at radius 1 is 1.08 bits per heavy atom. The van der Waals surface area contributed by atoms with Gasteiger partial charge in [0.2, 0.25) is 5.88 Å². The molecule has 1 unspecified atom stereocenters. The Kier molecular flexibility index (Phi) is 9.57. The van der Waals surface area contributed by atoms with Crippen LogP contribution in [-0.2, 0) is 21.5 Å². The second-order valence-corrected chi connectivity index (χ2v) is 11.2. The maximum Gasteiger partial charge on any atom is 0.254 e. The smallest absolute Gasteiger partial charge is 0.254 e. The van der Waals surface area contributed by atoms with Crippen molar-refractivity contribution < 1.29 is 29.2 Å². The molecule has 2 N–H and O–H groups in total. The number of morpholine rings is 1. The third kappa shape index (κ3) is 6.91. The molecule has 38 heavy (non-hydrogen) atoms. The number of pyridine rings is 1. The van der Waals surface area contributed by atoms with Crippen LogP contribution in [0.3, 0.4) is 0 Å². The van der Waals surface area contributed by atoms with E-state index in [2.05, 4.69) is 4.98 Å². The number of nitrogens with zero attached hydrogens (tertiary/aromatic N) is 2. The SMILES string of the molecule is CCc1ccnc(OC)c1[C](CC(C)(C)O)C(CC(C)(C)O)(OC)c1cccc(C(=O)N2CCOCC2)c1. The van der Waals surface area contributed by atoms with Gasteiger partial charge in [-0.2, -0.15) is 0 Å². The number of amides is 1. The summed E-state index contributed by atoms with van der Waals surface area (Å²) < 4.78 is 17.6. The van der Waals surface area contributed by atoms with Crippen molar-refractivity contribution in [2.75, 3.05) is 40.5 Å². The average Bonchev–Trinajstić information content (AvgIpc) is 2.89. The Balaban J connectivity index is 2.28. The van der Waals surface area contributed by atoms with E-state index in [9.17, 15) is 15.0 Å². The Morgan fingerprint density at radius 3 is 2.32 bits per heavy atom. The molecule has 8 nitrogen and oxygen atoms in total. The van der Waals surface area contributed by atoms with Crippen LogP contribution in [0.4, 0.5) is 0 Å². The van der Waals surface area contributed by atoms with Gasteiger partial charge in [0.25, 0.3) is 5.91 Å². The number of ether oxygens (including phenoxy) is 3. The highest BCUT2D eigenvalue weighted by atomic mass is 16.5. The quantitative estimate of drug-likeness (QED) is 0.457. The molecule has 1 aliphatic heterocycles. The highest BCUT2D eigenvalue weighted by molar-refractivity contribution is 5.94. The molecule has 1 aliphatic rings. The van der Waals surface area contributed by atoms with E-state index in [1.165, 1.54) is 0 Å². The van der Waals surface area contributed by atoms with Crippen molar-refractivity contribution in [3.05, 3.63) is 64.7 Å². The zero-order valence-corrected chi connectivity index (χ0v) is 23.8. The molecule has 2 aromatic rings. The highest BCUT2D eigenvalue weighted by Crippen LogP contribution is 2.51. The Morgan fingerprint density at radius 2 is 1.76 bits per heavy atom. The van der Waals surface area contributed by atoms with Gasteiger partial charge in [-0.15, -0.1) is 0 Å². The van der Waals surface area contributed by atoms with Crippen LogP contribution < -0.4 is 4.74 Å². The number of aromatic nitrogens is 1. The van der Waals surface area contributed by atoms with Gasteiger partial charge < -0.3 is 29.3 Å². The van der Waals surface area contributed by atoms with Gasteiger partial charge >= 0.3 is 0 Å². The molecule has 0 spiro atoms. The number of hydrogen-bond donors (Lipinski definition) is 2. The fraction of sp³-hybridized carbons (Fsp3) is 0.567. The summed E-state index contributed by atoms with van der Waals surface area (Å²) >= 11 is 0. The zero-order valence-electron chi connectivity index (χ0n) is 23.8. The first-order valence-corrected chi connectivity index (χ1v) is 13.2. The first kappa shape index (κ1) is 30.0. The zero-order chi connectivity index (χ0) is 28.1. The van der Waals surface area contributed by atoms with Crippen molar-refractivity contribution in [1.82, 2.24) is 9.88 Å². The van der Waals surface area contributed by atoms with Crippen molar-refractivity contribution in [3.8, 4) is 5.88 Å². The van der Waals surface area contributed by atoms with Crippen LogP contribution in [0.5, 0.6) is 5.88 Å². The molecule has 0 aliphatic carbocycles. The van der Waals surface area contributed by atoms with Crippen molar-refractivity contribution in [1.29, 1.82) is 0 Å². The maximum absolute atomic E-state index is 13.4. The summed E-state index contributed by atoms with van der Waals surface area (Å²) in [4.78, 5) is 19.7. The lowest BCUT2D eigenvalue weighted by atomic mass is 9.67. The Bertz CT molecular complexity index is 1060. The molecule has 209 valence electrons. The largest absolute Gasteiger partial charge is 0.481 e. The number of hydrogen-bond acceptors (Lipinski definition) is 7. The molecule has 8 heteroatoms. The third-order valence-corrected chi connectivity index (χ3v) is 6.88. The summed E-state index contributed by atoms with van der Waals surface area (Å²) in [6, 6.07) is 9.31. The number of aliphatic hydroxyl groups is 2. The molecule has 0 bridgehead atoms. The number of aryl methyl sites for hydroxylation is 1. The minimum absolute atomic E-state index is 0.0827. The molecule has 1 atom stereocenters. The van der Waals surface area contributed by atoms with Gasteiger partial charge in [-0.1, -0.05) is 19.1 Å². The van der Waals surface area contributed by atoms with Crippen LogP contribution >= 0.6 is 0 Å². The number of carbonyl (C=O) groups is 1. The van der Waals surface area contributed by atoms with Crippen LogP contribution in [0.25, 0.3) is 0 Å². The van der Waals surface area contributed by atoms with Crippen LogP contribution in [0.15, 0.2) is 36.5 Å². The lowest BCUT2D eigenvalue weighted by Gasteiger charge is -2.45. The number of benzene rings is 1. The molecule has 1 amide bonds. The van der Waals surface area contributed by atoms with Gasteiger partial charge in [0, 0.05) is 43.9 Å². The fourth-order valence-electron chi connectivity index (χ4n) is 5.28. The summed E-state index contributed by atoms with van der Waals surface area (Å²) in [5.41, 5.74) is -0.533. The molecular weight excluding hydrogens is 484 g/mol. The number of methoxy groups -OCH3 is 2. The molecule has 1 saturated heterocycles. The topological polar surface area (TPSA) is 101 Å². The van der Waals surface area contributed by atoms with Crippen LogP contribution in [0.2, 0.25) is 0 Å². The van der Waals surface area contributed by atoms with Crippen LogP contribution in [-0.4, -0.2) is 77.7 Å². The molecular formula is C30H43N2O6. The number of carbonyl (C=O) groups excluding carboxylic acids is 1. The second kappa shape index (κ2) is 12.1. The normalized spacial score (nSPS) is 16.4. The average molecular weight is 528 g/mol. The summed E-state index contributed by atoms with van der Waals surface area (Å²) in [7, 11) is 3.17. The molecule has 1 fully saturated rings.